The predicted octanol–water partition coefficient (Wildman–Crippen LogP) is 6.41. The lowest BCUT2D eigenvalue weighted by atomic mass is 9.84. The number of fused-ring (bicyclic) bond motifs is 2. The third kappa shape index (κ3) is 4.61. The maximum Gasteiger partial charge on any atom is 0.245 e. The molecule has 0 fully saturated rings. The summed E-state index contributed by atoms with van der Waals surface area (Å²) in [6.45, 7) is 6.68. The topological polar surface area (TPSA) is 43.4 Å². The average molecular weight is 395 g/mol. The molecule has 0 aliphatic heterocycles. The van der Waals surface area contributed by atoms with Gasteiger partial charge in [-0.25, -0.2) is 0 Å². The van der Waals surface area contributed by atoms with Crippen molar-refractivity contribution in [3.63, 3.8) is 0 Å². The summed E-state index contributed by atoms with van der Waals surface area (Å²) in [4.78, 5) is 25.6. The van der Waals surface area contributed by atoms with Crippen molar-refractivity contribution < 1.29 is 14.0 Å². The molecular weight excluding hydrogens is 364 g/mol. The van der Waals surface area contributed by atoms with Crippen LogP contribution in [0.15, 0.2) is 42.5 Å². The SMILES string of the molecule is CCCCCCCC[Si](C)(C)Oc1ccc2c(c1)C(=O)c1ccccc1C2=O. The molecule has 0 saturated carbocycles. The summed E-state index contributed by atoms with van der Waals surface area (Å²) in [5, 5.41) is 0. The summed E-state index contributed by atoms with van der Waals surface area (Å²) in [7, 11) is -1.86. The predicted molar refractivity (Wildman–Crippen MR) is 116 cm³/mol. The molecule has 148 valence electrons. The van der Waals surface area contributed by atoms with Crippen LogP contribution >= 0.6 is 0 Å². The van der Waals surface area contributed by atoms with Gasteiger partial charge < -0.3 is 4.43 Å². The van der Waals surface area contributed by atoms with Gasteiger partial charge >= 0.3 is 0 Å². The maximum absolute atomic E-state index is 12.9. The number of carbonyl (C=O) groups is 2. The Morgan fingerprint density at radius 1 is 0.750 bits per heavy atom. The largest absolute Gasteiger partial charge is 0.544 e. The molecular formula is C24H30O3Si. The van der Waals surface area contributed by atoms with Crippen LogP contribution in [-0.4, -0.2) is 19.9 Å². The number of hydrogen-bond donors (Lipinski definition) is 0. The van der Waals surface area contributed by atoms with Crippen LogP contribution in [-0.2, 0) is 0 Å². The highest BCUT2D eigenvalue weighted by Crippen LogP contribution is 2.31. The molecule has 1 aliphatic rings. The van der Waals surface area contributed by atoms with E-state index in [0.717, 1.165) is 6.04 Å². The van der Waals surface area contributed by atoms with Gasteiger partial charge in [0, 0.05) is 22.3 Å². The standard InChI is InChI=1S/C24H30O3Si/c1-4-5-6-7-8-11-16-28(2,3)27-18-14-15-21-22(17-18)24(26)20-13-10-9-12-19(20)23(21)25/h9-10,12-15,17H,4-8,11,16H2,1-3H3. The first-order valence-corrected chi connectivity index (χ1v) is 13.6. The molecule has 0 unspecified atom stereocenters. The molecule has 4 heteroatoms. The van der Waals surface area contributed by atoms with Gasteiger partial charge in [0.25, 0.3) is 0 Å². The zero-order valence-electron chi connectivity index (χ0n) is 17.2. The zero-order chi connectivity index (χ0) is 20.1. The van der Waals surface area contributed by atoms with E-state index in [-0.39, 0.29) is 11.6 Å². The Labute approximate surface area is 169 Å². The highest BCUT2D eigenvalue weighted by molar-refractivity contribution is 6.71. The lowest BCUT2D eigenvalue weighted by molar-refractivity contribution is 0.0979. The first-order valence-electron chi connectivity index (χ1n) is 10.4. The number of benzene rings is 2. The van der Waals surface area contributed by atoms with Crippen LogP contribution in [0.25, 0.3) is 0 Å². The number of hydrogen-bond acceptors (Lipinski definition) is 3. The third-order valence-corrected chi connectivity index (χ3v) is 7.77. The van der Waals surface area contributed by atoms with E-state index in [1.165, 1.54) is 38.5 Å². The van der Waals surface area contributed by atoms with Crippen molar-refractivity contribution in [1.82, 2.24) is 0 Å². The first kappa shape index (κ1) is 20.5. The van der Waals surface area contributed by atoms with E-state index in [1.807, 2.05) is 6.07 Å². The van der Waals surface area contributed by atoms with Gasteiger partial charge in [-0.3, -0.25) is 9.59 Å². The number of unbranched alkanes of at least 4 members (excludes halogenated alkanes) is 5. The summed E-state index contributed by atoms with van der Waals surface area (Å²) >= 11 is 0. The molecule has 0 saturated heterocycles. The summed E-state index contributed by atoms with van der Waals surface area (Å²) in [5.41, 5.74) is 1.92. The lowest BCUT2D eigenvalue weighted by Crippen LogP contribution is -2.34. The molecule has 0 aromatic heterocycles. The average Bonchev–Trinajstić information content (AvgIpc) is 2.68. The van der Waals surface area contributed by atoms with Gasteiger partial charge in [-0.15, -0.1) is 0 Å². The second kappa shape index (κ2) is 8.87. The van der Waals surface area contributed by atoms with Crippen LogP contribution in [0.2, 0.25) is 19.1 Å². The van der Waals surface area contributed by atoms with Crippen LogP contribution in [0, 0.1) is 0 Å². The minimum absolute atomic E-state index is 0.0830. The molecule has 0 radical (unpaired) electrons. The minimum Gasteiger partial charge on any atom is -0.544 e. The smallest absolute Gasteiger partial charge is 0.245 e. The van der Waals surface area contributed by atoms with Crippen molar-refractivity contribution in [2.45, 2.75) is 64.6 Å². The highest BCUT2D eigenvalue weighted by Gasteiger charge is 2.30. The van der Waals surface area contributed by atoms with Crippen molar-refractivity contribution >= 4 is 19.9 Å². The van der Waals surface area contributed by atoms with E-state index in [0.29, 0.717) is 28.0 Å². The first-order chi connectivity index (χ1) is 13.4. The third-order valence-electron chi connectivity index (χ3n) is 5.42. The molecule has 28 heavy (non-hydrogen) atoms. The van der Waals surface area contributed by atoms with Crippen LogP contribution < -0.4 is 4.43 Å². The van der Waals surface area contributed by atoms with E-state index in [4.69, 9.17) is 4.43 Å². The number of ketones is 2. The fourth-order valence-electron chi connectivity index (χ4n) is 3.84. The van der Waals surface area contributed by atoms with Gasteiger partial charge in [-0.05, 0) is 37.3 Å². The summed E-state index contributed by atoms with van der Waals surface area (Å²) in [6, 6.07) is 13.5. The van der Waals surface area contributed by atoms with Gasteiger partial charge in [0.15, 0.2) is 11.6 Å². The van der Waals surface area contributed by atoms with E-state index in [2.05, 4.69) is 20.0 Å². The molecule has 0 bridgehead atoms. The van der Waals surface area contributed by atoms with Crippen LogP contribution in [0.5, 0.6) is 5.75 Å². The molecule has 2 aromatic carbocycles. The van der Waals surface area contributed by atoms with Crippen molar-refractivity contribution in [1.29, 1.82) is 0 Å². The van der Waals surface area contributed by atoms with Crippen molar-refractivity contribution in [3.8, 4) is 5.75 Å². The number of rotatable bonds is 9. The van der Waals surface area contributed by atoms with E-state index < -0.39 is 8.32 Å². The summed E-state index contributed by atoms with van der Waals surface area (Å²) < 4.78 is 6.34. The van der Waals surface area contributed by atoms with E-state index in [1.54, 1.807) is 36.4 Å². The normalized spacial score (nSPS) is 13.2. The van der Waals surface area contributed by atoms with Gasteiger partial charge in [0.1, 0.15) is 5.75 Å². The molecule has 0 heterocycles. The summed E-state index contributed by atoms with van der Waals surface area (Å²) in [6.07, 6.45) is 7.66. The van der Waals surface area contributed by atoms with Crippen LogP contribution in [0.1, 0.15) is 77.3 Å². The minimum atomic E-state index is -1.86. The maximum atomic E-state index is 12.9. The van der Waals surface area contributed by atoms with E-state index >= 15 is 0 Å². The summed E-state index contributed by atoms with van der Waals surface area (Å²) in [5.74, 6) is 0.535. The van der Waals surface area contributed by atoms with E-state index in [9.17, 15) is 9.59 Å². The zero-order valence-corrected chi connectivity index (χ0v) is 18.2. The second-order valence-electron chi connectivity index (χ2n) is 8.29. The Bertz CT molecular complexity index is 870. The molecule has 3 rings (SSSR count). The molecule has 1 aliphatic carbocycles. The Morgan fingerprint density at radius 3 is 2.00 bits per heavy atom. The van der Waals surface area contributed by atoms with Gasteiger partial charge in [0.2, 0.25) is 8.32 Å². The van der Waals surface area contributed by atoms with Crippen molar-refractivity contribution in [2.75, 3.05) is 0 Å². The molecule has 3 nitrogen and oxygen atoms in total. The Hall–Kier alpha value is -2.20. The second-order valence-corrected chi connectivity index (χ2v) is 12.5. The van der Waals surface area contributed by atoms with Crippen molar-refractivity contribution in [3.05, 3.63) is 64.7 Å². The van der Waals surface area contributed by atoms with Crippen LogP contribution in [0.3, 0.4) is 0 Å². The molecule has 0 atom stereocenters. The fourth-order valence-corrected chi connectivity index (χ4v) is 5.81. The molecule has 2 aromatic rings. The highest BCUT2D eigenvalue weighted by atomic mass is 28.4. The van der Waals surface area contributed by atoms with Crippen molar-refractivity contribution in [2.24, 2.45) is 0 Å². The quantitative estimate of drug-likeness (QED) is 0.311. The Morgan fingerprint density at radius 2 is 1.32 bits per heavy atom. The monoisotopic (exact) mass is 394 g/mol. The lowest BCUT2D eigenvalue weighted by Gasteiger charge is -2.25. The molecule has 0 spiro atoms. The van der Waals surface area contributed by atoms with Gasteiger partial charge in [-0.2, -0.15) is 0 Å². The number of carbonyl (C=O) groups excluding carboxylic acids is 2. The molecule has 0 N–H and O–H groups in total. The Balaban J connectivity index is 1.68. The van der Waals surface area contributed by atoms with Gasteiger partial charge in [0.05, 0.1) is 0 Å². The van der Waals surface area contributed by atoms with Crippen LogP contribution in [0.4, 0.5) is 0 Å². The Kier molecular flexibility index (Phi) is 6.50. The molecule has 0 amide bonds. The van der Waals surface area contributed by atoms with Gasteiger partial charge in [-0.1, -0.05) is 69.7 Å². The fraction of sp³-hybridized carbons (Fsp3) is 0.417.